The summed E-state index contributed by atoms with van der Waals surface area (Å²) in [6, 6.07) is 18.6. The first-order chi connectivity index (χ1) is 10.0. The van der Waals surface area contributed by atoms with E-state index >= 15 is 0 Å². The van der Waals surface area contributed by atoms with Gasteiger partial charge in [0.1, 0.15) is 10.9 Å². The molecule has 2 aromatic carbocycles. The van der Waals surface area contributed by atoms with Crippen LogP contribution >= 0.6 is 11.6 Å². The van der Waals surface area contributed by atoms with Crippen LogP contribution in [0.5, 0.6) is 0 Å². The summed E-state index contributed by atoms with van der Waals surface area (Å²) in [5, 5.41) is -0.247. The number of nitrogens with zero attached hydrogens (tertiary/aromatic N) is 1. The van der Waals surface area contributed by atoms with Gasteiger partial charge in [-0.3, -0.25) is 4.99 Å². The van der Waals surface area contributed by atoms with E-state index in [0.717, 1.165) is 11.5 Å². The summed E-state index contributed by atoms with van der Waals surface area (Å²) in [6.45, 7) is 0.0844. The van der Waals surface area contributed by atoms with Crippen molar-refractivity contribution in [2.45, 2.75) is 18.8 Å². The lowest BCUT2D eigenvalue weighted by Gasteiger charge is -2.07. The Balaban J connectivity index is 0.00000242. The molecule has 0 aliphatic heterocycles. The Labute approximate surface area is 134 Å². The van der Waals surface area contributed by atoms with E-state index in [9.17, 15) is 0 Å². The summed E-state index contributed by atoms with van der Waals surface area (Å²) < 4.78 is 16.2. The van der Waals surface area contributed by atoms with Crippen molar-refractivity contribution in [1.29, 1.82) is 0 Å². The van der Waals surface area contributed by atoms with E-state index in [1.54, 1.807) is 30.5 Å². The summed E-state index contributed by atoms with van der Waals surface area (Å²) in [5.74, 6) is 0.803. The van der Waals surface area contributed by atoms with Crippen molar-refractivity contribution in [2.24, 2.45) is 4.99 Å². The fourth-order valence-corrected chi connectivity index (χ4v) is 1.91. The zero-order valence-corrected chi connectivity index (χ0v) is 12.6. The first kappa shape index (κ1) is 13.5. The van der Waals surface area contributed by atoms with Crippen LogP contribution in [-0.2, 0) is 6.50 Å². The zero-order chi connectivity index (χ0) is 15.3. The highest BCUT2D eigenvalue weighted by molar-refractivity contribution is 6.24. The van der Waals surface area contributed by atoms with Gasteiger partial charge in [0, 0.05) is 12.1 Å². The smallest absolute Gasteiger partial charge is 0.140 e. The molecule has 2 aromatic rings. The monoisotopic (exact) mass is 307 g/mol. The number of halogens is 2. The minimum Gasteiger partial charge on any atom is -1.00 e. The third kappa shape index (κ3) is 4.92. The maximum absolute atomic E-state index is 8.08. The van der Waals surface area contributed by atoms with Gasteiger partial charge >= 0.3 is 0 Å². The minimum absolute atomic E-state index is 0. The summed E-state index contributed by atoms with van der Waals surface area (Å²) in [5.41, 5.74) is 1.48. The Morgan fingerprint density at radius 2 is 1.70 bits per heavy atom. The van der Waals surface area contributed by atoms with E-state index in [0.29, 0.717) is 5.56 Å². The molecular weight excluding hydrogens is 289 g/mol. The average Bonchev–Trinajstić information content (AvgIpc) is 2.49. The molecule has 1 unspecified atom stereocenters. The molecule has 0 bridgehead atoms. The molecule has 0 spiro atoms. The van der Waals surface area contributed by atoms with E-state index in [2.05, 4.69) is 4.99 Å². The van der Waals surface area contributed by atoms with Crippen molar-refractivity contribution in [3.63, 3.8) is 0 Å². The molecule has 0 saturated heterocycles. The van der Waals surface area contributed by atoms with Gasteiger partial charge in [-0.05, 0) is 30.7 Å². The average molecular weight is 308 g/mol. The van der Waals surface area contributed by atoms with Crippen molar-refractivity contribution in [1.82, 2.24) is 0 Å². The molecule has 1 nitrogen and oxygen atoms in total. The molecule has 0 N–H and O–H groups in total. The largest absolute Gasteiger partial charge is 1.00 e. The molecular formula is C17H17Cl2N. The summed E-state index contributed by atoms with van der Waals surface area (Å²) in [4.78, 5) is 4.11. The Bertz CT molecular complexity index is 586. The van der Waals surface area contributed by atoms with Gasteiger partial charge in [0.05, 0.1) is 21.4 Å². The predicted octanol–water partition coefficient (Wildman–Crippen LogP) is 1.51. The highest BCUT2D eigenvalue weighted by atomic mass is 35.5. The number of hydrogen-bond acceptors (Lipinski definition) is 1. The molecule has 0 fully saturated rings. The fourth-order valence-electron chi connectivity index (χ4n) is 1.73. The van der Waals surface area contributed by atoms with E-state index in [-0.39, 0.29) is 17.8 Å². The molecule has 0 aromatic heterocycles. The van der Waals surface area contributed by atoms with Gasteiger partial charge in [-0.25, -0.2) is 0 Å². The Morgan fingerprint density at radius 1 is 1.15 bits per heavy atom. The van der Waals surface area contributed by atoms with Gasteiger partial charge in [0.25, 0.3) is 0 Å². The van der Waals surface area contributed by atoms with Crippen LogP contribution in [0.2, 0.25) is 0 Å². The SMILES string of the molecule is [2H]C([2H])(N=C[C+](c1ccccc1)C(C)Cl)c1ccccc1.[Cl-]. The second-order valence-corrected chi connectivity index (χ2v) is 4.83. The number of hydrogen-bond donors (Lipinski definition) is 0. The van der Waals surface area contributed by atoms with E-state index in [1.165, 1.54) is 0 Å². The van der Waals surface area contributed by atoms with Gasteiger partial charge < -0.3 is 12.4 Å². The van der Waals surface area contributed by atoms with Crippen molar-refractivity contribution in [3.05, 3.63) is 77.7 Å². The Hall–Kier alpha value is -1.44. The molecule has 104 valence electrons. The summed E-state index contributed by atoms with van der Waals surface area (Å²) >= 11 is 6.20. The number of aliphatic imine (C=N–C) groups is 1. The van der Waals surface area contributed by atoms with Crippen LogP contribution in [0.3, 0.4) is 0 Å². The molecule has 2 rings (SSSR count). The van der Waals surface area contributed by atoms with Crippen molar-refractivity contribution < 1.29 is 15.1 Å². The van der Waals surface area contributed by atoms with Crippen molar-refractivity contribution in [2.75, 3.05) is 0 Å². The molecule has 1 atom stereocenters. The van der Waals surface area contributed by atoms with Crippen LogP contribution in [0.15, 0.2) is 65.7 Å². The van der Waals surface area contributed by atoms with Crippen LogP contribution in [-0.4, -0.2) is 11.6 Å². The lowest BCUT2D eigenvalue weighted by molar-refractivity contribution is -0.00000376. The first-order valence-corrected chi connectivity index (χ1v) is 6.61. The maximum atomic E-state index is 8.08. The van der Waals surface area contributed by atoms with E-state index in [1.807, 2.05) is 43.3 Å². The van der Waals surface area contributed by atoms with E-state index < -0.39 is 6.50 Å². The van der Waals surface area contributed by atoms with Crippen LogP contribution < -0.4 is 12.4 Å². The minimum atomic E-state index is -1.77. The van der Waals surface area contributed by atoms with Gasteiger partial charge in [-0.1, -0.05) is 30.3 Å². The van der Waals surface area contributed by atoms with Crippen LogP contribution in [0.1, 0.15) is 20.8 Å². The van der Waals surface area contributed by atoms with Gasteiger partial charge in [0.2, 0.25) is 0 Å². The lowest BCUT2D eigenvalue weighted by atomic mass is 9.97. The molecule has 0 aliphatic rings. The molecule has 0 radical (unpaired) electrons. The van der Waals surface area contributed by atoms with Crippen LogP contribution in [0.4, 0.5) is 0 Å². The molecule has 0 amide bonds. The quantitative estimate of drug-likeness (QED) is 0.451. The number of benzene rings is 2. The van der Waals surface area contributed by atoms with Crippen LogP contribution in [0.25, 0.3) is 0 Å². The molecule has 3 heteroatoms. The normalized spacial score (nSPS) is 14.1. The molecule has 0 aliphatic carbocycles. The van der Waals surface area contributed by atoms with Gasteiger partial charge in [-0.15, -0.1) is 11.6 Å². The zero-order valence-electron chi connectivity index (χ0n) is 13.1. The third-order valence-electron chi connectivity index (χ3n) is 2.71. The molecule has 20 heavy (non-hydrogen) atoms. The topological polar surface area (TPSA) is 12.4 Å². The number of alkyl halides is 1. The first-order valence-electron chi connectivity index (χ1n) is 7.18. The Morgan fingerprint density at radius 3 is 2.25 bits per heavy atom. The van der Waals surface area contributed by atoms with Crippen molar-refractivity contribution >= 4 is 17.8 Å². The summed E-state index contributed by atoms with van der Waals surface area (Å²) in [6.07, 6.45) is 1.54. The predicted molar refractivity (Wildman–Crippen MR) is 82.7 cm³/mol. The Kier molecular flexibility index (Phi) is 5.87. The maximum Gasteiger partial charge on any atom is 0.140 e. The van der Waals surface area contributed by atoms with Crippen molar-refractivity contribution in [3.8, 4) is 0 Å². The molecule has 0 saturated carbocycles. The highest BCUT2D eigenvalue weighted by Crippen LogP contribution is 2.20. The van der Waals surface area contributed by atoms with E-state index in [4.69, 9.17) is 14.3 Å². The highest BCUT2D eigenvalue weighted by Gasteiger charge is 2.22. The number of rotatable bonds is 5. The van der Waals surface area contributed by atoms with Crippen LogP contribution in [0, 0.1) is 5.92 Å². The second kappa shape index (κ2) is 8.68. The molecule has 0 heterocycles. The summed E-state index contributed by atoms with van der Waals surface area (Å²) in [7, 11) is 0. The van der Waals surface area contributed by atoms with Gasteiger partial charge in [0.15, 0.2) is 0 Å². The lowest BCUT2D eigenvalue weighted by Crippen LogP contribution is -3.00. The standard InChI is InChI=1S/C17H17ClN.ClH/c1-14(18)17(16-10-6-3-7-11-16)13-19-12-15-8-4-2-5-9-15;/h2-11,13-14H,12H2,1H3;1H/q+1;/p-1/i12D2;. The van der Waals surface area contributed by atoms with Gasteiger partial charge in [-0.2, -0.15) is 0 Å². The fraction of sp³-hybridized carbons (Fsp3) is 0.176. The third-order valence-corrected chi connectivity index (χ3v) is 2.94. The second-order valence-electron chi connectivity index (χ2n) is 4.17.